The van der Waals surface area contributed by atoms with E-state index < -0.39 is 4.92 Å². The van der Waals surface area contributed by atoms with Gasteiger partial charge in [0.2, 0.25) is 5.91 Å². The number of hydrogen-bond donors (Lipinski definition) is 3. The number of nitro benzene ring substituents is 1. The van der Waals surface area contributed by atoms with Gasteiger partial charge in [0.05, 0.1) is 17.5 Å². The number of hydrogen-bond acceptors (Lipinski definition) is 5. The zero-order chi connectivity index (χ0) is 15.4. The first-order valence-corrected chi connectivity index (χ1v) is 7.05. The third-order valence-corrected chi connectivity index (χ3v) is 3.83. The molecule has 0 aliphatic carbocycles. The molecule has 3 N–H and O–H groups in total. The van der Waals surface area contributed by atoms with Gasteiger partial charge < -0.3 is 5.32 Å². The highest BCUT2D eigenvalue weighted by atomic mass is 16.6. The quantitative estimate of drug-likeness (QED) is 0.558. The largest absolute Gasteiger partial charge is 0.339 e. The minimum absolute atomic E-state index is 0.000345. The minimum atomic E-state index is -0.461. The molecule has 0 radical (unpaired) electrons. The van der Waals surface area contributed by atoms with Crippen LogP contribution >= 0.6 is 0 Å². The number of nitrogens with zero attached hydrogens (tertiary/aromatic N) is 1. The summed E-state index contributed by atoms with van der Waals surface area (Å²) in [6, 6.07) is 6.47. The lowest BCUT2D eigenvalue weighted by atomic mass is 9.99. The summed E-state index contributed by atoms with van der Waals surface area (Å²) in [5, 5.41) is 13.6. The maximum atomic E-state index is 12.0. The number of non-ortho nitro benzene ring substituents is 1. The van der Waals surface area contributed by atoms with Gasteiger partial charge in [-0.2, -0.15) is 0 Å². The van der Waals surface area contributed by atoms with E-state index in [-0.39, 0.29) is 30.1 Å². The van der Waals surface area contributed by atoms with Gasteiger partial charge in [-0.15, -0.1) is 0 Å². The molecule has 0 saturated carbocycles. The zero-order valence-electron chi connectivity index (χ0n) is 12.1. The number of amides is 1. The Morgan fingerprint density at radius 3 is 2.81 bits per heavy atom. The number of carbonyl (C=O) groups is 1. The van der Waals surface area contributed by atoms with Crippen molar-refractivity contribution in [2.24, 2.45) is 5.92 Å². The summed E-state index contributed by atoms with van der Waals surface area (Å²) in [5.74, 6) is 0.127. The normalized spacial score (nSPS) is 24.8. The van der Waals surface area contributed by atoms with Gasteiger partial charge in [0.25, 0.3) is 5.69 Å². The van der Waals surface area contributed by atoms with E-state index in [2.05, 4.69) is 30.0 Å². The molecule has 0 bridgehead atoms. The van der Waals surface area contributed by atoms with Gasteiger partial charge >= 0.3 is 0 Å². The average Bonchev–Trinajstić information content (AvgIpc) is 2.79. The smallest absolute Gasteiger partial charge is 0.269 e. The zero-order valence-corrected chi connectivity index (χ0v) is 12.1. The Morgan fingerprint density at radius 2 is 2.19 bits per heavy atom. The first kappa shape index (κ1) is 15.4. The van der Waals surface area contributed by atoms with E-state index in [4.69, 9.17) is 0 Å². The van der Waals surface area contributed by atoms with Crippen LogP contribution in [-0.2, 0) is 11.2 Å². The third-order valence-electron chi connectivity index (χ3n) is 3.83. The van der Waals surface area contributed by atoms with Crippen LogP contribution in [0.4, 0.5) is 5.69 Å². The van der Waals surface area contributed by atoms with Crippen LogP contribution in [0.2, 0.25) is 0 Å². The molecule has 1 aromatic rings. The maximum Gasteiger partial charge on any atom is 0.269 e. The fourth-order valence-corrected chi connectivity index (χ4v) is 2.52. The van der Waals surface area contributed by atoms with E-state index in [1.165, 1.54) is 12.1 Å². The molecule has 3 atom stereocenters. The van der Waals surface area contributed by atoms with E-state index in [1.807, 2.05) is 0 Å². The first-order valence-electron chi connectivity index (χ1n) is 7.05. The lowest BCUT2D eigenvalue weighted by molar-refractivity contribution is -0.384. The molecule has 1 aliphatic rings. The lowest BCUT2D eigenvalue weighted by Gasteiger charge is -2.18. The van der Waals surface area contributed by atoms with E-state index in [0.717, 1.165) is 6.42 Å². The number of rotatable bonds is 5. The summed E-state index contributed by atoms with van der Waals surface area (Å²) in [6.07, 6.45) is 0.982. The molecule has 0 spiro atoms. The molecule has 1 aliphatic heterocycles. The fourth-order valence-electron chi connectivity index (χ4n) is 2.52. The second-order valence-electron chi connectivity index (χ2n) is 5.31. The Bertz CT molecular complexity index is 535. The predicted octanol–water partition coefficient (Wildman–Crippen LogP) is 1.10. The van der Waals surface area contributed by atoms with Crippen molar-refractivity contribution in [1.29, 1.82) is 0 Å². The number of carbonyl (C=O) groups excluding carboxylic acids is 1. The molecule has 1 saturated heterocycles. The van der Waals surface area contributed by atoms with E-state index >= 15 is 0 Å². The van der Waals surface area contributed by atoms with Crippen LogP contribution in [0.1, 0.15) is 25.8 Å². The summed E-state index contributed by atoms with van der Waals surface area (Å²) < 4.78 is 0. The molecule has 1 heterocycles. The number of benzene rings is 1. The van der Waals surface area contributed by atoms with Gasteiger partial charge in [-0.25, -0.2) is 5.43 Å². The van der Waals surface area contributed by atoms with Gasteiger partial charge in [-0.05, 0) is 12.0 Å². The van der Waals surface area contributed by atoms with Crippen LogP contribution in [0.3, 0.4) is 0 Å². The van der Waals surface area contributed by atoms with E-state index in [0.29, 0.717) is 11.6 Å². The highest BCUT2D eigenvalue weighted by Crippen LogP contribution is 2.16. The molecule has 1 fully saturated rings. The highest BCUT2D eigenvalue weighted by molar-refractivity contribution is 5.79. The maximum absolute atomic E-state index is 12.0. The van der Waals surface area contributed by atoms with Crippen LogP contribution in [0.15, 0.2) is 24.3 Å². The average molecular weight is 292 g/mol. The van der Waals surface area contributed by atoms with Crippen molar-refractivity contribution in [2.75, 3.05) is 0 Å². The Kier molecular flexibility index (Phi) is 4.87. The molecule has 3 unspecified atom stereocenters. The molecule has 2 rings (SSSR count). The fraction of sp³-hybridized carbons (Fsp3) is 0.500. The topological polar surface area (TPSA) is 96.3 Å². The van der Waals surface area contributed by atoms with Crippen molar-refractivity contribution in [3.8, 4) is 0 Å². The Labute approximate surface area is 123 Å². The molecule has 0 aromatic heterocycles. The van der Waals surface area contributed by atoms with Crippen LogP contribution in [0.25, 0.3) is 0 Å². The summed E-state index contributed by atoms with van der Waals surface area (Å²) in [4.78, 5) is 22.3. The summed E-state index contributed by atoms with van der Waals surface area (Å²) in [7, 11) is 0. The SMILES string of the molecule is CCC1NNC(NC(=O)Cc2cccc([N+](=O)[O-])c2)C1C. The van der Waals surface area contributed by atoms with Gasteiger partial charge in [0, 0.05) is 24.1 Å². The van der Waals surface area contributed by atoms with Crippen LogP contribution in [-0.4, -0.2) is 23.0 Å². The molecular weight excluding hydrogens is 272 g/mol. The van der Waals surface area contributed by atoms with E-state index in [9.17, 15) is 14.9 Å². The lowest BCUT2D eigenvalue weighted by Crippen LogP contribution is -2.46. The van der Waals surface area contributed by atoms with Gasteiger partial charge in [-0.1, -0.05) is 26.0 Å². The molecule has 7 heteroatoms. The Morgan fingerprint density at radius 1 is 1.43 bits per heavy atom. The Hall–Kier alpha value is -1.99. The number of nitrogens with one attached hydrogen (secondary N) is 3. The molecule has 7 nitrogen and oxygen atoms in total. The second kappa shape index (κ2) is 6.64. The van der Waals surface area contributed by atoms with Crippen molar-refractivity contribution in [3.05, 3.63) is 39.9 Å². The molecular formula is C14H20N4O3. The number of hydrazine groups is 1. The molecule has 21 heavy (non-hydrogen) atoms. The summed E-state index contributed by atoms with van der Waals surface area (Å²) in [5.41, 5.74) is 6.84. The highest BCUT2D eigenvalue weighted by Gasteiger charge is 2.31. The summed E-state index contributed by atoms with van der Waals surface area (Å²) >= 11 is 0. The van der Waals surface area contributed by atoms with Gasteiger partial charge in [0.15, 0.2) is 0 Å². The minimum Gasteiger partial charge on any atom is -0.339 e. The van der Waals surface area contributed by atoms with Crippen molar-refractivity contribution in [2.45, 2.75) is 38.9 Å². The standard InChI is InChI=1S/C14H20N4O3/c1-3-12-9(2)14(17-16-12)15-13(19)8-10-5-4-6-11(7-10)18(20)21/h4-7,9,12,14,16-17H,3,8H2,1-2H3,(H,15,19). The second-order valence-corrected chi connectivity index (χ2v) is 5.31. The Balaban J connectivity index is 1.93. The summed E-state index contributed by atoms with van der Waals surface area (Å²) in [6.45, 7) is 4.16. The third kappa shape index (κ3) is 3.77. The predicted molar refractivity (Wildman–Crippen MR) is 78.2 cm³/mol. The van der Waals surface area contributed by atoms with Crippen molar-refractivity contribution in [1.82, 2.24) is 16.2 Å². The monoisotopic (exact) mass is 292 g/mol. The van der Waals surface area contributed by atoms with Crippen LogP contribution < -0.4 is 16.2 Å². The van der Waals surface area contributed by atoms with Crippen molar-refractivity contribution < 1.29 is 9.72 Å². The van der Waals surface area contributed by atoms with E-state index in [1.54, 1.807) is 12.1 Å². The first-order chi connectivity index (χ1) is 10.0. The van der Waals surface area contributed by atoms with Gasteiger partial charge in [-0.3, -0.25) is 20.3 Å². The van der Waals surface area contributed by atoms with Crippen molar-refractivity contribution >= 4 is 11.6 Å². The molecule has 1 aromatic carbocycles. The van der Waals surface area contributed by atoms with Crippen LogP contribution in [0.5, 0.6) is 0 Å². The van der Waals surface area contributed by atoms with Crippen LogP contribution in [0, 0.1) is 16.0 Å². The molecule has 114 valence electrons. The molecule has 1 amide bonds. The van der Waals surface area contributed by atoms with Gasteiger partial charge in [0.1, 0.15) is 0 Å². The number of nitro groups is 1. The van der Waals surface area contributed by atoms with Crippen molar-refractivity contribution in [3.63, 3.8) is 0 Å².